The lowest BCUT2D eigenvalue weighted by Gasteiger charge is -2.11. The molecule has 26 heavy (non-hydrogen) atoms. The van der Waals surface area contributed by atoms with Crippen molar-refractivity contribution in [1.29, 1.82) is 0 Å². The molecule has 4 rings (SSSR count). The molecular formula is C21H20N2O2S. The van der Waals surface area contributed by atoms with Gasteiger partial charge in [-0.3, -0.25) is 9.59 Å². The molecule has 3 N–H and O–H groups in total. The summed E-state index contributed by atoms with van der Waals surface area (Å²) >= 11 is 1.50. The van der Waals surface area contributed by atoms with Gasteiger partial charge in [-0.15, -0.1) is 11.3 Å². The molecule has 1 aliphatic rings. The first-order valence-electron chi connectivity index (χ1n) is 8.83. The minimum atomic E-state index is -0.453. The number of anilines is 1. The minimum absolute atomic E-state index is 0.124. The third-order valence-electron chi connectivity index (χ3n) is 4.85. The lowest BCUT2D eigenvalue weighted by molar-refractivity contribution is -0.115. The molecule has 3 aromatic rings. The second-order valence-corrected chi connectivity index (χ2v) is 7.79. The first-order valence-corrected chi connectivity index (χ1v) is 9.65. The molecule has 1 heterocycles. The highest BCUT2D eigenvalue weighted by molar-refractivity contribution is 7.17. The number of carbonyl (C=O) groups excluding carboxylic acids is 2. The van der Waals surface area contributed by atoms with Crippen LogP contribution in [0.2, 0.25) is 0 Å². The average Bonchev–Trinajstić information content (AvgIpc) is 2.99. The van der Waals surface area contributed by atoms with E-state index in [1.807, 2.05) is 36.4 Å². The predicted molar refractivity (Wildman–Crippen MR) is 106 cm³/mol. The maximum Gasteiger partial charge on any atom is 0.251 e. The van der Waals surface area contributed by atoms with Crippen molar-refractivity contribution in [1.82, 2.24) is 0 Å². The van der Waals surface area contributed by atoms with Crippen LogP contribution in [0.4, 0.5) is 5.00 Å². The van der Waals surface area contributed by atoms with Gasteiger partial charge in [-0.1, -0.05) is 42.5 Å². The molecule has 0 saturated carbocycles. The van der Waals surface area contributed by atoms with E-state index in [-0.39, 0.29) is 12.3 Å². The van der Waals surface area contributed by atoms with Gasteiger partial charge in [0.2, 0.25) is 5.91 Å². The SMILES string of the molecule is NC(=O)c1c(NC(=O)Cc2ccc3ccccc3c2)sc2c1CCCC2. The van der Waals surface area contributed by atoms with Gasteiger partial charge in [0.1, 0.15) is 5.00 Å². The van der Waals surface area contributed by atoms with Gasteiger partial charge in [0.25, 0.3) is 5.91 Å². The summed E-state index contributed by atoms with van der Waals surface area (Å²) in [5, 5.41) is 5.80. The van der Waals surface area contributed by atoms with E-state index in [0.29, 0.717) is 10.6 Å². The van der Waals surface area contributed by atoms with Gasteiger partial charge >= 0.3 is 0 Å². The third kappa shape index (κ3) is 3.22. The largest absolute Gasteiger partial charge is 0.365 e. The second-order valence-electron chi connectivity index (χ2n) is 6.69. The first-order chi connectivity index (χ1) is 12.6. The molecule has 0 spiro atoms. The number of benzene rings is 2. The van der Waals surface area contributed by atoms with Crippen molar-refractivity contribution in [3.05, 3.63) is 64.0 Å². The topological polar surface area (TPSA) is 72.2 Å². The number of rotatable bonds is 4. The Morgan fingerprint density at radius 3 is 2.62 bits per heavy atom. The highest BCUT2D eigenvalue weighted by atomic mass is 32.1. The van der Waals surface area contributed by atoms with Crippen LogP contribution in [0.25, 0.3) is 10.8 Å². The standard InChI is InChI=1S/C21H20N2O2S/c22-20(25)19-16-7-3-4-8-17(16)26-21(19)23-18(24)12-13-9-10-14-5-1-2-6-15(14)11-13/h1-2,5-6,9-11H,3-4,7-8,12H2,(H2,22,25)(H,23,24). The van der Waals surface area contributed by atoms with E-state index in [1.54, 1.807) is 0 Å². The fourth-order valence-corrected chi connectivity index (χ4v) is 4.93. The Labute approximate surface area is 156 Å². The Balaban J connectivity index is 1.56. The number of fused-ring (bicyclic) bond motifs is 2. The second kappa shape index (κ2) is 6.92. The fraction of sp³-hybridized carbons (Fsp3) is 0.238. The lowest BCUT2D eigenvalue weighted by atomic mass is 9.95. The minimum Gasteiger partial charge on any atom is -0.365 e. The molecule has 0 radical (unpaired) electrons. The van der Waals surface area contributed by atoms with Crippen LogP contribution in [0, 0.1) is 0 Å². The number of primary amides is 1. The highest BCUT2D eigenvalue weighted by Crippen LogP contribution is 2.37. The summed E-state index contributed by atoms with van der Waals surface area (Å²) in [6.07, 6.45) is 4.28. The van der Waals surface area contributed by atoms with Crippen LogP contribution in [-0.2, 0) is 24.1 Å². The highest BCUT2D eigenvalue weighted by Gasteiger charge is 2.24. The van der Waals surface area contributed by atoms with E-state index < -0.39 is 5.91 Å². The molecule has 1 aliphatic carbocycles. The lowest BCUT2D eigenvalue weighted by Crippen LogP contribution is -2.19. The van der Waals surface area contributed by atoms with Gasteiger partial charge in [0, 0.05) is 4.88 Å². The monoisotopic (exact) mass is 364 g/mol. The van der Waals surface area contributed by atoms with Gasteiger partial charge in [0.15, 0.2) is 0 Å². The average molecular weight is 364 g/mol. The van der Waals surface area contributed by atoms with E-state index in [2.05, 4.69) is 11.4 Å². The van der Waals surface area contributed by atoms with Gasteiger partial charge in [-0.05, 0) is 47.6 Å². The molecule has 0 unspecified atom stereocenters. The zero-order valence-corrected chi connectivity index (χ0v) is 15.2. The number of hydrogen-bond donors (Lipinski definition) is 2. The van der Waals surface area contributed by atoms with E-state index in [4.69, 9.17) is 5.73 Å². The number of nitrogens with two attached hydrogens (primary N) is 1. The van der Waals surface area contributed by atoms with Crippen molar-refractivity contribution in [2.24, 2.45) is 5.73 Å². The maximum atomic E-state index is 12.5. The van der Waals surface area contributed by atoms with Crippen LogP contribution in [0.1, 0.15) is 39.2 Å². The molecule has 1 aromatic heterocycles. The van der Waals surface area contributed by atoms with Crippen LogP contribution in [0.15, 0.2) is 42.5 Å². The number of nitrogens with one attached hydrogen (secondary N) is 1. The van der Waals surface area contributed by atoms with Gasteiger partial charge in [0.05, 0.1) is 12.0 Å². The smallest absolute Gasteiger partial charge is 0.251 e. The molecule has 0 fully saturated rings. The number of aryl methyl sites for hydroxylation is 1. The number of amides is 2. The van der Waals surface area contributed by atoms with Crippen LogP contribution in [0.5, 0.6) is 0 Å². The first kappa shape index (κ1) is 16.8. The van der Waals surface area contributed by atoms with E-state index >= 15 is 0 Å². The predicted octanol–water partition coefficient (Wildman–Crippen LogP) is 4.06. The van der Waals surface area contributed by atoms with Crippen molar-refractivity contribution >= 4 is 38.9 Å². The summed E-state index contributed by atoms with van der Waals surface area (Å²) in [6, 6.07) is 14.1. The molecule has 2 aromatic carbocycles. The summed E-state index contributed by atoms with van der Waals surface area (Å²) in [6.45, 7) is 0. The Morgan fingerprint density at radius 1 is 1.04 bits per heavy atom. The summed E-state index contributed by atoms with van der Waals surface area (Å²) in [5.74, 6) is -0.577. The molecule has 0 aliphatic heterocycles. The molecule has 0 saturated heterocycles. The molecule has 132 valence electrons. The molecule has 4 nitrogen and oxygen atoms in total. The van der Waals surface area contributed by atoms with Crippen LogP contribution < -0.4 is 11.1 Å². The normalized spacial score (nSPS) is 13.4. The van der Waals surface area contributed by atoms with Crippen LogP contribution in [0.3, 0.4) is 0 Å². The zero-order chi connectivity index (χ0) is 18.1. The van der Waals surface area contributed by atoms with Crippen molar-refractivity contribution in [2.45, 2.75) is 32.1 Å². The molecule has 0 atom stereocenters. The number of carbonyl (C=O) groups is 2. The van der Waals surface area contributed by atoms with E-state index in [1.165, 1.54) is 16.2 Å². The Hall–Kier alpha value is -2.66. The summed E-state index contributed by atoms with van der Waals surface area (Å²) < 4.78 is 0. The quantitative estimate of drug-likeness (QED) is 0.733. The zero-order valence-electron chi connectivity index (χ0n) is 14.4. The Bertz CT molecular complexity index is 1010. The Morgan fingerprint density at radius 2 is 1.81 bits per heavy atom. The van der Waals surface area contributed by atoms with E-state index in [0.717, 1.165) is 47.6 Å². The van der Waals surface area contributed by atoms with Gasteiger partial charge in [-0.25, -0.2) is 0 Å². The molecule has 5 heteroatoms. The number of thiophene rings is 1. The van der Waals surface area contributed by atoms with Gasteiger partial charge < -0.3 is 11.1 Å². The summed E-state index contributed by atoms with van der Waals surface area (Å²) in [5.41, 5.74) is 8.08. The van der Waals surface area contributed by atoms with E-state index in [9.17, 15) is 9.59 Å². The van der Waals surface area contributed by atoms with Crippen molar-refractivity contribution in [2.75, 3.05) is 5.32 Å². The third-order valence-corrected chi connectivity index (χ3v) is 6.06. The van der Waals surface area contributed by atoms with Crippen molar-refractivity contribution < 1.29 is 9.59 Å². The fourth-order valence-electron chi connectivity index (χ4n) is 3.62. The summed E-state index contributed by atoms with van der Waals surface area (Å²) in [4.78, 5) is 25.7. The molecular weight excluding hydrogens is 344 g/mol. The number of hydrogen-bond acceptors (Lipinski definition) is 3. The van der Waals surface area contributed by atoms with Crippen molar-refractivity contribution in [3.8, 4) is 0 Å². The van der Waals surface area contributed by atoms with Crippen LogP contribution >= 0.6 is 11.3 Å². The molecule has 0 bridgehead atoms. The molecule has 2 amide bonds. The van der Waals surface area contributed by atoms with Crippen LogP contribution in [-0.4, -0.2) is 11.8 Å². The Kier molecular flexibility index (Phi) is 4.47. The summed E-state index contributed by atoms with van der Waals surface area (Å²) in [7, 11) is 0. The van der Waals surface area contributed by atoms with Gasteiger partial charge in [-0.2, -0.15) is 0 Å². The van der Waals surface area contributed by atoms with Crippen molar-refractivity contribution in [3.63, 3.8) is 0 Å². The maximum absolute atomic E-state index is 12.5.